The Balaban J connectivity index is 2.28. The first kappa shape index (κ1) is 14.5. The number of benzene rings is 2. The predicted octanol–water partition coefficient (Wildman–Crippen LogP) is 4.61. The average Bonchev–Trinajstić information content (AvgIpc) is 2.47. The van der Waals surface area contributed by atoms with Crippen molar-refractivity contribution in [3.05, 3.63) is 48.5 Å². The summed E-state index contributed by atoms with van der Waals surface area (Å²) in [5.74, 6) is 0.554. The SMILES string of the molecule is CC(C)(OP=O)P1(=O)Oc2ccccc2-c2ccccc21. The molecule has 0 spiro atoms. The van der Waals surface area contributed by atoms with Gasteiger partial charge in [0.2, 0.25) is 0 Å². The van der Waals surface area contributed by atoms with Crippen LogP contribution in [0.4, 0.5) is 0 Å². The normalized spacial score (nSPS) is 20.5. The third kappa shape index (κ3) is 2.15. The van der Waals surface area contributed by atoms with Gasteiger partial charge in [-0.1, -0.05) is 36.4 Å². The Morgan fingerprint density at radius 1 is 1.05 bits per heavy atom. The Kier molecular flexibility index (Phi) is 3.49. The van der Waals surface area contributed by atoms with E-state index in [1.54, 1.807) is 26.0 Å². The second-order valence-electron chi connectivity index (χ2n) is 5.27. The van der Waals surface area contributed by atoms with Gasteiger partial charge in [0.15, 0.2) is 5.34 Å². The lowest BCUT2D eigenvalue weighted by Crippen LogP contribution is -2.33. The quantitative estimate of drug-likeness (QED) is 0.775. The van der Waals surface area contributed by atoms with Gasteiger partial charge in [0.1, 0.15) is 5.75 Å². The number of rotatable bonds is 3. The maximum Gasteiger partial charge on any atom is 0.328 e. The Labute approximate surface area is 124 Å². The van der Waals surface area contributed by atoms with E-state index in [9.17, 15) is 9.13 Å². The second kappa shape index (κ2) is 5.06. The van der Waals surface area contributed by atoms with Gasteiger partial charge in [0.05, 0.1) is 5.30 Å². The molecular weight excluding hydrogens is 306 g/mol. The van der Waals surface area contributed by atoms with Crippen LogP contribution in [-0.4, -0.2) is 5.34 Å². The van der Waals surface area contributed by atoms with Gasteiger partial charge in [0.25, 0.3) is 0 Å². The molecule has 0 amide bonds. The van der Waals surface area contributed by atoms with E-state index in [2.05, 4.69) is 0 Å². The molecule has 1 aliphatic rings. The summed E-state index contributed by atoms with van der Waals surface area (Å²) in [6.07, 6.45) is 0. The summed E-state index contributed by atoms with van der Waals surface area (Å²) in [7, 11) is -3.91. The monoisotopic (exact) mass is 320 g/mol. The van der Waals surface area contributed by atoms with Gasteiger partial charge in [-0.3, -0.25) is 9.09 Å². The highest BCUT2D eigenvalue weighted by Crippen LogP contribution is 2.63. The van der Waals surface area contributed by atoms with E-state index in [0.717, 1.165) is 11.1 Å². The fraction of sp³-hybridized carbons (Fsp3) is 0.200. The highest BCUT2D eigenvalue weighted by atomic mass is 31.2. The summed E-state index contributed by atoms with van der Waals surface area (Å²) in [4.78, 5) is 0. The smallest absolute Gasteiger partial charge is 0.328 e. The van der Waals surface area contributed by atoms with Crippen molar-refractivity contribution in [3.8, 4) is 16.9 Å². The molecule has 0 bridgehead atoms. The van der Waals surface area contributed by atoms with Crippen molar-refractivity contribution >= 4 is 21.4 Å². The van der Waals surface area contributed by atoms with Crippen LogP contribution in [0.25, 0.3) is 11.1 Å². The fourth-order valence-corrected chi connectivity index (χ4v) is 5.30. The van der Waals surface area contributed by atoms with Crippen molar-refractivity contribution in [1.82, 2.24) is 0 Å². The van der Waals surface area contributed by atoms with Crippen LogP contribution in [0.2, 0.25) is 0 Å². The van der Waals surface area contributed by atoms with Crippen molar-refractivity contribution < 1.29 is 18.2 Å². The molecule has 0 radical (unpaired) electrons. The Morgan fingerprint density at radius 3 is 2.38 bits per heavy atom. The summed E-state index contributed by atoms with van der Waals surface area (Å²) in [5.41, 5.74) is 1.76. The molecule has 21 heavy (non-hydrogen) atoms. The molecule has 4 nitrogen and oxygen atoms in total. The predicted molar refractivity (Wildman–Crippen MR) is 82.5 cm³/mol. The summed E-state index contributed by atoms with van der Waals surface area (Å²) in [6, 6.07) is 14.8. The minimum atomic E-state index is -3.38. The molecule has 0 saturated heterocycles. The van der Waals surface area contributed by atoms with Crippen molar-refractivity contribution in [3.63, 3.8) is 0 Å². The number of hydrogen-bond acceptors (Lipinski definition) is 4. The minimum Gasteiger partial charge on any atom is -0.437 e. The van der Waals surface area contributed by atoms with Gasteiger partial charge in [-0.15, -0.1) is 0 Å². The molecular formula is C15H14O4P2. The zero-order chi connectivity index (χ0) is 15.1. The molecule has 1 unspecified atom stereocenters. The van der Waals surface area contributed by atoms with E-state index in [1.807, 2.05) is 36.4 Å². The zero-order valence-corrected chi connectivity index (χ0v) is 13.4. The van der Waals surface area contributed by atoms with Crippen LogP contribution in [0.1, 0.15) is 13.8 Å². The Hall–Kier alpha value is -1.47. The third-order valence-corrected chi connectivity index (χ3v) is 7.26. The summed E-state index contributed by atoms with van der Waals surface area (Å²) < 4.78 is 35.4. The van der Waals surface area contributed by atoms with Crippen LogP contribution in [0, 0.1) is 0 Å². The van der Waals surface area contributed by atoms with Crippen LogP contribution < -0.4 is 9.83 Å². The van der Waals surface area contributed by atoms with Crippen molar-refractivity contribution in [2.45, 2.75) is 19.2 Å². The highest BCUT2D eigenvalue weighted by Gasteiger charge is 2.50. The van der Waals surface area contributed by atoms with Gasteiger partial charge in [-0.25, -0.2) is 4.57 Å². The molecule has 1 aliphatic heterocycles. The second-order valence-corrected chi connectivity index (χ2v) is 8.44. The fourth-order valence-electron chi connectivity index (χ4n) is 2.46. The molecule has 0 N–H and O–H groups in total. The van der Waals surface area contributed by atoms with Crippen molar-refractivity contribution in [2.24, 2.45) is 0 Å². The molecule has 0 aromatic heterocycles. The first-order chi connectivity index (χ1) is 9.99. The zero-order valence-electron chi connectivity index (χ0n) is 11.6. The first-order valence-corrected chi connectivity index (χ1v) is 8.85. The van der Waals surface area contributed by atoms with Gasteiger partial charge in [-0.2, -0.15) is 0 Å². The maximum atomic E-state index is 13.5. The van der Waals surface area contributed by atoms with Gasteiger partial charge < -0.3 is 4.52 Å². The Morgan fingerprint density at radius 2 is 1.67 bits per heavy atom. The summed E-state index contributed by atoms with van der Waals surface area (Å²) >= 11 is 0. The number of fused-ring (bicyclic) bond motifs is 3. The largest absolute Gasteiger partial charge is 0.437 e. The van der Waals surface area contributed by atoms with Crippen LogP contribution in [-0.2, 0) is 13.7 Å². The highest BCUT2D eigenvalue weighted by molar-refractivity contribution is 7.69. The molecule has 3 rings (SSSR count). The molecule has 2 aromatic carbocycles. The van der Waals surface area contributed by atoms with E-state index in [1.165, 1.54) is 0 Å². The van der Waals surface area contributed by atoms with E-state index in [4.69, 9.17) is 9.05 Å². The molecule has 108 valence electrons. The molecule has 1 heterocycles. The average molecular weight is 320 g/mol. The lowest BCUT2D eigenvalue weighted by atomic mass is 10.0. The van der Waals surface area contributed by atoms with E-state index >= 15 is 0 Å². The molecule has 1 atom stereocenters. The Bertz CT molecular complexity index is 755. The first-order valence-electron chi connectivity index (χ1n) is 6.49. The topological polar surface area (TPSA) is 52.6 Å². The summed E-state index contributed by atoms with van der Waals surface area (Å²) in [5, 5.41) is -0.600. The lowest BCUT2D eigenvalue weighted by Gasteiger charge is -2.36. The van der Waals surface area contributed by atoms with Gasteiger partial charge in [0, 0.05) is 5.56 Å². The molecule has 0 saturated carbocycles. The summed E-state index contributed by atoms with van der Waals surface area (Å²) in [6.45, 7) is 3.26. The van der Waals surface area contributed by atoms with E-state index in [0.29, 0.717) is 11.1 Å². The molecule has 2 aromatic rings. The standard InChI is InChI=1S/C15H14O4P2/c1-15(2,19-20-16)21(17)14-10-6-4-8-12(14)11-7-3-5-9-13(11)18-21/h3-10H,1-2H3. The third-order valence-electron chi connectivity index (χ3n) is 3.59. The van der Waals surface area contributed by atoms with E-state index in [-0.39, 0.29) is 0 Å². The van der Waals surface area contributed by atoms with Crippen LogP contribution in [0.15, 0.2) is 48.5 Å². The molecule has 0 aliphatic carbocycles. The maximum absolute atomic E-state index is 13.5. The number of hydrogen-bond donors (Lipinski definition) is 0. The van der Waals surface area contributed by atoms with Crippen molar-refractivity contribution in [1.29, 1.82) is 0 Å². The van der Waals surface area contributed by atoms with Gasteiger partial charge in [-0.05, 0) is 31.5 Å². The van der Waals surface area contributed by atoms with Crippen LogP contribution in [0.3, 0.4) is 0 Å². The van der Waals surface area contributed by atoms with Crippen LogP contribution in [0.5, 0.6) is 5.75 Å². The lowest BCUT2D eigenvalue weighted by molar-refractivity contribution is 0.200. The van der Waals surface area contributed by atoms with E-state index < -0.39 is 21.4 Å². The molecule has 6 heteroatoms. The van der Waals surface area contributed by atoms with Gasteiger partial charge >= 0.3 is 16.1 Å². The minimum absolute atomic E-state index is 0.522. The number of para-hydroxylation sites is 1. The molecule has 0 fully saturated rings. The van der Waals surface area contributed by atoms with Crippen LogP contribution >= 0.6 is 16.1 Å². The van der Waals surface area contributed by atoms with Crippen molar-refractivity contribution in [2.75, 3.05) is 0 Å².